The molecule has 0 saturated heterocycles. The molecule has 1 aromatic rings. The third-order valence-electron chi connectivity index (χ3n) is 1.92. The highest BCUT2D eigenvalue weighted by Crippen LogP contribution is 2.12. The van der Waals surface area contributed by atoms with E-state index in [-0.39, 0.29) is 12.3 Å². The van der Waals surface area contributed by atoms with Gasteiger partial charge in [0.05, 0.1) is 7.11 Å². The van der Waals surface area contributed by atoms with Crippen molar-refractivity contribution < 1.29 is 14.7 Å². The van der Waals surface area contributed by atoms with Gasteiger partial charge < -0.3 is 4.74 Å². The summed E-state index contributed by atoms with van der Waals surface area (Å²) in [7, 11) is 1.61. The Morgan fingerprint density at radius 1 is 1.43 bits per heavy atom. The molecule has 0 aliphatic heterocycles. The minimum absolute atomic E-state index is 0.281. The van der Waals surface area contributed by atoms with Gasteiger partial charge in [0, 0.05) is 6.42 Å². The highest BCUT2D eigenvalue weighted by Gasteiger charge is 2.00. The Hall–Kier alpha value is -1.55. The van der Waals surface area contributed by atoms with Crippen molar-refractivity contribution in [3.05, 3.63) is 29.8 Å². The van der Waals surface area contributed by atoms with Crippen molar-refractivity contribution in [1.82, 2.24) is 5.48 Å². The van der Waals surface area contributed by atoms with Crippen LogP contribution in [-0.2, 0) is 11.2 Å². The van der Waals surface area contributed by atoms with Gasteiger partial charge in [0.15, 0.2) is 0 Å². The second kappa shape index (κ2) is 5.24. The fourth-order valence-corrected chi connectivity index (χ4v) is 1.11. The molecule has 0 bridgehead atoms. The largest absolute Gasteiger partial charge is 0.497 e. The number of carbonyl (C=O) groups excluding carboxylic acids is 1. The van der Waals surface area contributed by atoms with E-state index in [4.69, 9.17) is 9.94 Å². The van der Waals surface area contributed by atoms with Gasteiger partial charge in [-0.1, -0.05) is 12.1 Å². The Kier molecular flexibility index (Phi) is 3.94. The molecule has 76 valence electrons. The van der Waals surface area contributed by atoms with Crippen LogP contribution in [0.25, 0.3) is 0 Å². The predicted octanol–water partition coefficient (Wildman–Crippen LogP) is 1.13. The van der Waals surface area contributed by atoms with Gasteiger partial charge in [0.2, 0.25) is 5.91 Å². The fourth-order valence-electron chi connectivity index (χ4n) is 1.11. The maximum Gasteiger partial charge on any atom is 0.243 e. The van der Waals surface area contributed by atoms with Crippen molar-refractivity contribution >= 4 is 5.91 Å². The molecule has 0 atom stereocenters. The van der Waals surface area contributed by atoms with Crippen LogP contribution in [0.3, 0.4) is 0 Å². The lowest BCUT2D eigenvalue weighted by Crippen LogP contribution is -2.18. The third-order valence-corrected chi connectivity index (χ3v) is 1.92. The number of nitrogens with one attached hydrogen (secondary N) is 1. The normalized spacial score (nSPS) is 9.57. The average molecular weight is 195 g/mol. The molecule has 4 nitrogen and oxygen atoms in total. The van der Waals surface area contributed by atoms with E-state index in [1.54, 1.807) is 12.6 Å². The van der Waals surface area contributed by atoms with Crippen molar-refractivity contribution in [1.29, 1.82) is 0 Å². The maximum atomic E-state index is 10.7. The number of aryl methyl sites for hydroxylation is 1. The van der Waals surface area contributed by atoms with Crippen molar-refractivity contribution in [2.24, 2.45) is 0 Å². The van der Waals surface area contributed by atoms with Crippen molar-refractivity contribution in [2.45, 2.75) is 12.8 Å². The second-order valence-electron chi connectivity index (χ2n) is 2.88. The summed E-state index contributed by atoms with van der Waals surface area (Å²) in [5.41, 5.74) is 2.63. The molecule has 0 aliphatic carbocycles. The van der Waals surface area contributed by atoms with Crippen LogP contribution in [0.2, 0.25) is 0 Å². The lowest BCUT2D eigenvalue weighted by molar-refractivity contribution is -0.129. The monoisotopic (exact) mass is 195 g/mol. The molecule has 0 aliphatic rings. The van der Waals surface area contributed by atoms with Gasteiger partial charge >= 0.3 is 0 Å². The van der Waals surface area contributed by atoms with Crippen LogP contribution in [0.15, 0.2) is 24.3 Å². The van der Waals surface area contributed by atoms with Gasteiger partial charge in [0.1, 0.15) is 5.75 Å². The van der Waals surface area contributed by atoms with Crippen LogP contribution in [-0.4, -0.2) is 18.2 Å². The minimum atomic E-state index is -0.374. The smallest absolute Gasteiger partial charge is 0.243 e. The summed E-state index contributed by atoms with van der Waals surface area (Å²) >= 11 is 0. The number of carbonyl (C=O) groups is 1. The first-order valence-corrected chi connectivity index (χ1v) is 4.32. The first-order chi connectivity index (χ1) is 6.76. The molecule has 0 heterocycles. The molecule has 1 rings (SSSR count). The van der Waals surface area contributed by atoms with Crippen LogP contribution < -0.4 is 10.2 Å². The number of hydrogen-bond donors (Lipinski definition) is 2. The molecule has 0 saturated carbocycles. The summed E-state index contributed by atoms with van der Waals surface area (Å²) in [5.74, 6) is 0.418. The summed E-state index contributed by atoms with van der Waals surface area (Å²) in [6, 6.07) is 7.46. The lowest BCUT2D eigenvalue weighted by Gasteiger charge is -2.02. The number of methoxy groups -OCH3 is 1. The van der Waals surface area contributed by atoms with Gasteiger partial charge in [-0.05, 0) is 24.1 Å². The molecule has 2 N–H and O–H groups in total. The van der Waals surface area contributed by atoms with E-state index < -0.39 is 0 Å². The van der Waals surface area contributed by atoms with Gasteiger partial charge in [0.25, 0.3) is 0 Å². The van der Waals surface area contributed by atoms with E-state index in [0.717, 1.165) is 11.3 Å². The predicted molar refractivity (Wildman–Crippen MR) is 51.2 cm³/mol. The minimum Gasteiger partial charge on any atom is -0.497 e. The van der Waals surface area contributed by atoms with Gasteiger partial charge in [-0.15, -0.1) is 0 Å². The Morgan fingerprint density at radius 3 is 2.57 bits per heavy atom. The second-order valence-corrected chi connectivity index (χ2v) is 2.88. The summed E-state index contributed by atoms with van der Waals surface area (Å²) in [4.78, 5) is 10.7. The number of rotatable bonds is 4. The summed E-state index contributed by atoms with van der Waals surface area (Å²) in [6.07, 6.45) is 0.888. The summed E-state index contributed by atoms with van der Waals surface area (Å²) < 4.78 is 5.00. The van der Waals surface area contributed by atoms with Crippen molar-refractivity contribution in [2.75, 3.05) is 7.11 Å². The van der Waals surface area contributed by atoms with Gasteiger partial charge in [-0.25, -0.2) is 5.48 Å². The van der Waals surface area contributed by atoms with E-state index in [1.807, 2.05) is 24.3 Å². The van der Waals surface area contributed by atoms with E-state index in [9.17, 15) is 4.79 Å². The Morgan fingerprint density at radius 2 is 2.07 bits per heavy atom. The van der Waals surface area contributed by atoms with Crippen LogP contribution in [0.1, 0.15) is 12.0 Å². The molecule has 0 spiro atoms. The zero-order valence-corrected chi connectivity index (χ0v) is 7.99. The molecule has 0 unspecified atom stereocenters. The molecule has 0 fully saturated rings. The molecular weight excluding hydrogens is 182 g/mol. The highest BCUT2D eigenvalue weighted by atomic mass is 16.5. The number of benzene rings is 1. The lowest BCUT2D eigenvalue weighted by atomic mass is 10.1. The number of hydroxylamine groups is 1. The van der Waals surface area contributed by atoms with E-state index in [0.29, 0.717) is 6.42 Å². The molecule has 1 amide bonds. The third kappa shape index (κ3) is 3.06. The van der Waals surface area contributed by atoms with Crippen molar-refractivity contribution in [3.63, 3.8) is 0 Å². The van der Waals surface area contributed by atoms with Crippen LogP contribution >= 0.6 is 0 Å². The quantitative estimate of drug-likeness (QED) is 0.559. The Bertz CT molecular complexity index is 295. The molecule has 4 heteroatoms. The van der Waals surface area contributed by atoms with E-state index in [2.05, 4.69) is 0 Å². The molecule has 0 aromatic heterocycles. The number of ether oxygens (including phenoxy) is 1. The molecule has 14 heavy (non-hydrogen) atoms. The van der Waals surface area contributed by atoms with Crippen LogP contribution in [0, 0.1) is 0 Å². The van der Waals surface area contributed by atoms with Crippen LogP contribution in [0.5, 0.6) is 5.75 Å². The zero-order valence-electron chi connectivity index (χ0n) is 7.99. The van der Waals surface area contributed by atoms with Crippen LogP contribution in [0.4, 0.5) is 0 Å². The van der Waals surface area contributed by atoms with E-state index >= 15 is 0 Å². The number of amides is 1. The zero-order chi connectivity index (χ0) is 10.4. The Labute approximate surface area is 82.5 Å². The topological polar surface area (TPSA) is 58.6 Å². The number of hydrogen-bond acceptors (Lipinski definition) is 3. The first-order valence-electron chi connectivity index (χ1n) is 4.32. The van der Waals surface area contributed by atoms with E-state index in [1.165, 1.54) is 0 Å². The standard InChI is InChI=1S/C10H13NO3/c1-14-9-5-2-8(3-6-9)4-7-10(12)11-13/h2-3,5-6,13H,4,7H2,1H3,(H,11,12). The van der Waals surface area contributed by atoms with Gasteiger partial charge in [-0.2, -0.15) is 0 Å². The Balaban J connectivity index is 2.47. The SMILES string of the molecule is COc1ccc(CCC(=O)NO)cc1. The molecule has 1 aromatic carbocycles. The highest BCUT2D eigenvalue weighted by molar-refractivity contribution is 5.74. The summed E-state index contributed by atoms with van der Waals surface area (Å²) in [6.45, 7) is 0. The maximum absolute atomic E-state index is 10.7. The molecular formula is C10H13NO3. The fraction of sp³-hybridized carbons (Fsp3) is 0.300. The average Bonchev–Trinajstić information content (AvgIpc) is 2.26. The molecule has 0 radical (unpaired) electrons. The first kappa shape index (κ1) is 10.5. The van der Waals surface area contributed by atoms with Crippen molar-refractivity contribution in [3.8, 4) is 5.75 Å². The van der Waals surface area contributed by atoms with Gasteiger partial charge in [-0.3, -0.25) is 10.0 Å². The summed E-state index contributed by atoms with van der Waals surface area (Å²) in [5, 5.41) is 8.28.